The van der Waals surface area contributed by atoms with Crippen molar-refractivity contribution in [1.29, 1.82) is 5.26 Å². The van der Waals surface area contributed by atoms with E-state index in [0.29, 0.717) is 33.2 Å². The molecule has 7 heteroatoms. The molecule has 3 rings (SSSR count). The molecule has 5 nitrogen and oxygen atoms in total. The fourth-order valence-corrected chi connectivity index (χ4v) is 4.08. The molecule has 0 spiro atoms. The number of halogens is 2. The van der Waals surface area contributed by atoms with E-state index >= 15 is 0 Å². The number of ether oxygens (including phenoxy) is 2. The molecule has 0 radical (unpaired) electrons. The number of carbonyl (C=O) groups is 1. The lowest BCUT2D eigenvalue weighted by Crippen LogP contribution is -2.33. The molecule has 0 atom stereocenters. The van der Waals surface area contributed by atoms with Gasteiger partial charge in [-0.25, -0.2) is 0 Å². The summed E-state index contributed by atoms with van der Waals surface area (Å²) in [6, 6.07) is 13.2. The molecule has 1 N–H and O–H groups in total. The lowest BCUT2D eigenvalue weighted by atomic mass is 10.1. The molecule has 0 heterocycles. The highest BCUT2D eigenvalue weighted by atomic mass is 79.9. The zero-order chi connectivity index (χ0) is 22.2. The Hall–Kier alpha value is -2.49. The number of nitrogens with one attached hydrogen (secondary N) is 1. The van der Waals surface area contributed by atoms with E-state index in [4.69, 9.17) is 21.1 Å². The van der Waals surface area contributed by atoms with Crippen LogP contribution in [0.1, 0.15) is 43.7 Å². The number of nitriles is 1. The highest BCUT2D eigenvalue weighted by molar-refractivity contribution is 9.10. The first-order chi connectivity index (χ1) is 15.0. The number of rotatable bonds is 8. The molecule has 31 heavy (non-hydrogen) atoms. The van der Waals surface area contributed by atoms with Gasteiger partial charge in [0.25, 0.3) is 5.91 Å². The first-order valence-electron chi connectivity index (χ1n) is 10.3. The van der Waals surface area contributed by atoms with Crippen LogP contribution in [-0.4, -0.2) is 18.6 Å². The van der Waals surface area contributed by atoms with Crippen LogP contribution in [0.3, 0.4) is 0 Å². The van der Waals surface area contributed by atoms with Gasteiger partial charge in [-0.15, -0.1) is 0 Å². The van der Waals surface area contributed by atoms with Crippen molar-refractivity contribution < 1.29 is 14.3 Å². The maximum absolute atomic E-state index is 12.5. The van der Waals surface area contributed by atoms with Crippen molar-refractivity contribution in [1.82, 2.24) is 5.32 Å². The van der Waals surface area contributed by atoms with Gasteiger partial charge in [-0.3, -0.25) is 4.79 Å². The minimum absolute atomic E-state index is 0.0554. The molecule has 0 saturated heterocycles. The molecule has 1 amide bonds. The van der Waals surface area contributed by atoms with Crippen LogP contribution in [-0.2, 0) is 11.4 Å². The Labute approximate surface area is 196 Å². The summed E-state index contributed by atoms with van der Waals surface area (Å²) in [5.74, 6) is 0.718. The van der Waals surface area contributed by atoms with Crippen molar-refractivity contribution >= 4 is 39.5 Å². The summed E-state index contributed by atoms with van der Waals surface area (Å²) >= 11 is 9.74. The summed E-state index contributed by atoms with van der Waals surface area (Å²) in [7, 11) is 0. The lowest BCUT2D eigenvalue weighted by molar-refractivity contribution is -0.117. The van der Waals surface area contributed by atoms with Gasteiger partial charge in [-0.2, -0.15) is 5.26 Å². The molecule has 1 fully saturated rings. The van der Waals surface area contributed by atoms with E-state index in [9.17, 15) is 10.1 Å². The van der Waals surface area contributed by atoms with Gasteiger partial charge in [0, 0.05) is 21.1 Å². The first kappa shape index (κ1) is 23.2. The SMILES string of the molecule is CCOc1cc(/C=C(/C#N)C(=O)NC2CCCC2)c(Br)cc1OCc1ccccc1Cl. The number of amides is 1. The van der Waals surface area contributed by atoms with E-state index in [1.54, 1.807) is 18.2 Å². The molecule has 2 aromatic carbocycles. The Kier molecular flexibility index (Phi) is 8.39. The molecule has 2 aromatic rings. The van der Waals surface area contributed by atoms with Crippen LogP contribution < -0.4 is 14.8 Å². The Bertz CT molecular complexity index is 1010. The van der Waals surface area contributed by atoms with Crippen molar-refractivity contribution in [2.75, 3.05) is 6.61 Å². The quantitative estimate of drug-likeness (QED) is 0.352. The third kappa shape index (κ3) is 6.25. The zero-order valence-electron chi connectivity index (χ0n) is 17.3. The van der Waals surface area contributed by atoms with Crippen molar-refractivity contribution in [3.8, 4) is 17.6 Å². The minimum atomic E-state index is -0.349. The third-order valence-electron chi connectivity index (χ3n) is 5.06. The van der Waals surface area contributed by atoms with Crippen LogP contribution >= 0.6 is 27.5 Å². The molecule has 1 saturated carbocycles. The molecule has 0 unspecified atom stereocenters. The zero-order valence-corrected chi connectivity index (χ0v) is 19.6. The molecule has 0 bridgehead atoms. The smallest absolute Gasteiger partial charge is 0.262 e. The Morgan fingerprint density at radius 2 is 1.97 bits per heavy atom. The van der Waals surface area contributed by atoms with Crippen LogP contribution in [0.25, 0.3) is 6.08 Å². The summed E-state index contributed by atoms with van der Waals surface area (Å²) in [4.78, 5) is 12.5. The second-order valence-corrected chi connectivity index (χ2v) is 8.52. The largest absolute Gasteiger partial charge is 0.490 e. The predicted octanol–water partition coefficient (Wildman–Crippen LogP) is 6.05. The average molecular weight is 504 g/mol. The monoisotopic (exact) mass is 502 g/mol. The van der Waals surface area contributed by atoms with E-state index in [0.717, 1.165) is 31.2 Å². The fourth-order valence-electron chi connectivity index (χ4n) is 3.45. The van der Waals surface area contributed by atoms with E-state index in [1.165, 1.54) is 0 Å². The maximum atomic E-state index is 12.5. The lowest BCUT2D eigenvalue weighted by Gasteiger charge is -2.15. The van der Waals surface area contributed by atoms with Crippen molar-refractivity contribution in [3.63, 3.8) is 0 Å². The Balaban J connectivity index is 1.82. The van der Waals surface area contributed by atoms with E-state index in [2.05, 4.69) is 21.2 Å². The van der Waals surface area contributed by atoms with Crippen LogP contribution in [0.5, 0.6) is 11.5 Å². The van der Waals surface area contributed by atoms with Gasteiger partial charge in [0.2, 0.25) is 0 Å². The highest BCUT2D eigenvalue weighted by Crippen LogP contribution is 2.36. The molecule has 162 valence electrons. The van der Waals surface area contributed by atoms with Crippen LogP contribution in [0, 0.1) is 11.3 Å². The molecular formula is C24H24BrClN2O3. The van der Waals surface area contributed by atoms with E-state index < -0.39 is 0 Å². The molecule has 1 aliphatic carbocycles. The minimum Gasteiger partial charge on any atom is -0.490 e. The highest BCUT2D eigenvalue weighted by Gasteiger charge is 2.20. The van der Waals surface area contributed by atoms with Gasteiger partial charge in [0.05, 0.1) is 6.61 Å². The number of hydrogen-bond donors (Lipinski definition) is 1. The van der Waals surface area contributed by atoms with Crippen molar-refractivity contribution in [2.24, 2.45) is 0 Å². The van der Waals surface area contributed by atoms with Gasteiger partial charge in [-0.05, 0) is 49.6 Å². The van der Waals surface area contributed by atoms with Crippen LogP contribution in [0.15, 0.2) is 46.4 Å². The average Bonchev–Trinajstić information content (AvgIpc) is 3.26. The summed E-state index contributed by atoms with van der Waals surface area (Å²) in [6.45, 7) is 2.61. The Morgan fingerprint density at radius 1 is 1.26 bits per heavy atom. The second-order valence-electron chi connectivity index (χ2n) is 7.26. The summed E-state index contributed by atoms with van der Waals surface area (Å²) in [6.07, 6.45) is 5.69. The van der Waals surface area contributed by atoms with Crippen LogP contribution in [0.4, 0.5) is 0 Å². The van der Waals surface area contributed by atoms with Gasteiger partial charge in [0.1, 0.15) is 18.2 Å². The fraction of sp³-hybridized carbons (Fsp3) is 0.333. The van der Waals surface area contributed by atoms with Crippen molar-refractivity contribution in [2.45, 2.75) is 45.3 Å². The van der Waals surface area contributed by atoms with E-state index in [-0.39, 0.29) is 24.1 Å². The molecule has 1 aliphatic rings. The molecule has 0 aromatic heterocycles. The first-order valence-corrected chi connectivity index (χ1v) is 11.4. The normalized spacial score (nSPS) is 14.2. The number of benzene rings is 2. The Morgan fingerprint density at radius 3 is 2.65 bits per heavy atom. The summed E-state index contributed by atoms with van der Waals surface area (Å²) in [5, 5.41) is 13.1. The predicted molar refractivity (Wildman–Crippen MR) is 125 cm³/mol. The number of carbonyl (C=O) groups excluding carboxylic acids is 1. The number of hydrogen-bond acceptors (Lipinski definition) is 4. The van der Waals surface area contributed by atoms with Gasteiger partial charge in [-0.1, -0.05) is 58.6 Å². The van der Waals surface area contributed by atoms with Crippen LogP contribution in [0.2, 0.25) is 5.02 Å². The topological polar surface area (TPSA) is 71.3 Å². The summed E-state index contributed by atoms with van der Waals surface area (Å²) < 4.78 is 12.4. The summed E-state index contributed by atoms with van der Waals surface area (Å²) in [5.41, 5.74) is 1.58. The van der Waals surface area contributed by atoms with Gasteiger partial charge in [0.15, 0.2) is 11.5 Å². The maximum Gasteiger partial charge on any atom is 0.262 e. The molecular weight excluding hydrogens is 480 g/mol. The third-order valence-corrected chi connectivity index (χ3v) is 6.11. The second kappa shape index (κ2) is 11.2. The standard InChI is InChI=1S/C24H24BrClN2O3/c1-2-30-22-12-17(11-18(14-27)24(29)28-19-8-4-5-9-19)20(25)13-23(22)31-15-16-7-3-6-10-21(16)26/h3,6-7,10-13,19H,2,4-5,8-9,15H2,1H3,(H,28,29)/b18-11-. The number of nitrogens with zero attached hydrogens (tertiary/aromatic N) is 1. The van der Waals surface area contributed by atoms with E-state index in [1.807, 2.05) is 37.3 Å². The van der Waals surface area contributed by atoms with Crippen molar-refractivity contribution in [3.05, 3.63) is 62.6 Å². The molecule has 0 aliphatic heterocycles. The van der Waals surface area contributed by atoms with Gasteiger partial charge < -0.3 is 14.8 Å². The van der Waals surface area contributed by atoms with Gasteiger partial charge >= 0.3 is 0 Å².